The average Bonchev–Trinajstić information content (AvgIpc) is 2.91. The van der Waals surface area contributed by atoms with E-state index >= 15 is 0 Å². The van der Waals surface area contributed by atoms with Crippen molar-refractivity contribution in [2.24, 2.45) is 7.05 Å². The van der Waals surface area contributed by atoms with Gasteiger partial charge in [-0.2, -0.15) is 5.10 Å². The third-order valence-corrected chi connectivity index (χ3v) is 3.33. The molecule has 0 amide bonds. The molecule has 0 aliphatic carbocycles. The second kappa shape index (κ2) is 5.35. The Balaban J connectivity index is 2.01. The Labute approximate surface area is 108 Å². The lowest BCUT2D eigenvalue weighted by Crippen LogP contribution is -2.20. The van der Waals surface area contributed by atoms with E-state index in [9.17, 15) is 0 Å². The van der Waals surface area contributed by atoms with Gasteiger partial charge in [0.05, 0.1) is 12.7 Å². The Morgan fingerprint density at radius 2 is 2.11 bits per heavy atom. The van der Waals surface area contributed by atoms with Crippen LogP contribution < -0.4 is 0 Å². The second-order valence-corrected chi connectivity index (χ2v) is 4.68. The first-order valence-electron chi connectivity index (χ1n) is 6.27. The van der Waals surface area contributed by atoms with Gasteiger partial charge in [-0.25, -0.2) is 4.98 Å². The number of nitrogens with zero attached hydrogens (tertiary/aromatic N) is 5. The summed E-state index contributed by atoms with van der Waals surface area (Å²) in [7, 11) is 4.09. The molecule has 18 heavy (non-hydrogen) atoms. The van der Waals surface area contributed by atoms with Gasteiger partial charge < -0.3 is 4.57 Å². The molecule has 0 aliphatic rings. The molecular formula is C13H21N5. The number of hydrogen-bond donors (Lipinski definition) is 0. The lowest BCUT2D eigenvalue weighted by Gasteiger charge is -2.16. The highest BCUT2D eigenvalue weighted by molar-refractivity contribution is 5.15. The van der Waals surface area contributed by atoms with Gasteiger partial charge in [0.25, 0.3) is 0 Å². The standard InChI is InChI=1S/C13H21N5/c1-5-18-7-6-14-13(18)10-16(3)9-12-8-15-17(4)11(12)2/h6-8H,5,9-10H2,1-4H3. The molecule has 2 rings (SSSR count). The molecule has 0 spiro atoms. The van der Waals surface area contributed by atoms with Crippen LogP contribution in [-0.4, -0.2) is 31.3 Å². The molecule has 0 N–H and O–H groups in total. The summed E-state index contributed by atoms with van der Waals surface area (Å²) >= 11 is 0. The predicted octanol–water partition coefficient (Wildman–Crippen LogP) is 1.58. The van der Waals surface area contributed by atoms with Crippen molar-refractivity contribution >= 4 is 0 Å². The third kappa shape index (κ3) is 2.61. The van der Waals surface area contributed by atoms with E-state index in [1.807, 2.05) is 30.3 Å². The largest absolute Gasteiger partial charge is 0.334 e. The van der Waals surface area contributed by atoms with E-state index in [-0.39, 0.29) is 0 Å². The molecule has 0 bridgehead atoms. The van der Waals surface area contributed by atoms with Crippen LogP contribution in [0.15, 0.2) is 18.6 Å². The molecule has 0 saturated carbocycles. The van der Waals surface area contributed by atoms with Crippen LogP contribution in [0.5, 0.6) is 0 Å². The summed E-state index contributed by atoms with van der Waals surface area (Å²) in [5.74, 6) is 1.11. The molecule has 0 unspecified atom stereocenters. The molecule has 5 nitrogen and oxygen atoms in total. The summed E-state index contributed by atoms with van der Waals surface area (Å²) in [6, 6.07) is 0. The van der Waals surface area contributed by atoms with E-state index in [1.54, 1.807) is 0 Å². The van der Waals surface area contributed by atoms with Crippen molar-refractivity contribution in [3.05, 3.63) is 35.7 Å². The van der Waals surface area contributed by atoms with Gasteiger partial charge in [-0.1, -0.05) is 0 Å². The van der Waals surface area contributed by atoms with Gasteiger partial charge in [-0.05, 0) is 20.9 Å². The van der Waals surface area contributed by atoms with Gasteiger partial charge in [-0.15, -0.1) is 0 Å². The van der Waals surface area contributed by atoms with Crippen molar-refractivity contribution in [1.82, 2.24) is 24.2 Å². The van der Waals surface area contributed by atoms with Gasteiger partial charge in [0.15, 0.2) is 0 Å². The zero-order valence-corrected chi connectivity index (χ0v) is 11.6. The highest BCUT2D eigenvalue weighted by Gasteiger charge is 2.09. The van der Waals surface area contributed by atoms with E-state index < -0.39 is 0 Å². The monoisotopic (exact) mass is 247 g/mol. The van der Waals surface area contributed by atoms with E-state index in [4.69, 9.17) is 0 Å². The summed E-state index contributed by atoms with van der Waals surface area (Å²) in [5.41, 5.74) is 2.50. The van der Waals surface area contributed by atoms with E-state index in [2.05, 4.69) is 40.4 Å². The molecule has 2 heterocycles. The molecule has 5 heteroatoms. The fraction of sp³-hybridized carbons (Fsp3) is 0.538. The quantitative estimate of drug-likeness (QED) is 0.805. The summed E-state index contributed by atoms with van der Waals surface area (Å²) in [5, 5.41) is 4.27. The van der Waals surface area contributed by atoms with Crippen LogP contribution in [0.3, 0.4) is 0 Å². The molecule has 0 atom stereocenters. The molecule has 0 fully saturated rings. The summed E-state index contributed by atoms with van der Waals surface area (Å²) in [6.45, 7) is 6.96. The molecule has 0 radical (unpaired) electrons. The fourth-order valence-electron chi connectivity index (χ4n) is 2.07. The van der Waals surface area contributed by atoms with Crippen LogP contribution in [0.2, 0.25) is 0 Å². The minimum Gasteiger partial charge on any atom is -0.334 e. The van der Waals surface area contributed by atoms with Crippen molar-refractivity contribution in [2.75, 3.05) is 7.05 Å². The Bertz CT molecular complexity index is 511. The molecule has 0 aliphatic heterocycles. The van der Waals surface area contributed by atoms with Crippen LogP contribution in [0, 0.1) is 6.92 Å². The topological polar surface area (TPSA) is 38.9 Å². The average molecular weight is 247 g/mol. The first kappa shape index (κ1) is 12.8. The van der Waals surface area contributed by atoms with Gasteiger partial charge >= 0.3 is 0 Å². The van der Waals surface area contributed by atoms with E-state index in [1.165, 1.54) is 11.3 Å². The predicted molar refractivity (Wildman–Crippen MR) is 71.0 cm³/mol. The Morgan fingerprint density at radius 1 is 1.33 bits per heavy atom. The van der Waals surface area contributed by atoms with E-state index in [0.29, 0.717) is 0 Å². The molecule has 0 saturated heterocycles. The third-order valence-electron chi connectivity index (χ3n) is 3.33. The number of rotatable bonds is 5. The number of aryl methyl sites for hydroxylation is 2. The zero-order valence-electron chi connectivity index (χ0n) is 11.6. The van der Waals surface area contributed by atoms with Gasteiger partial charge in [0.1, 0.15) is 5.82 Å². The summed E-state index contributed by atoms with van der Waals surface area (Å²) < 4.78 is 4.09. The lowest BCUT2D eigenvalue weighted by atomic mass is 10.2. The number of hydrogen-bond acceptors (Lipinski definition) is 3. The number of aromatic nitrogens is 4. The SMILES string of the molecule is CCn1ccnc1CN(C)Cc1cnn(C)c1C. The van der Waals surface area contributed by atoms with Crippen molar-refractivity contribution < 1.29 is 0 Å². The van der Waals surface area contributed by atoms with Crippen LogP contribution in [-0.2, 0) is 26.7 Å². The maximum absolute atomic E-state index is 4.40. The highest BCUT2D eigenvalue weighted by atomic mass is 15.3. The summed E-state index contributed by atoms with van der Waals surface area (Å²) in [4.78, 5) is 6.66. The maximum atomic E-state index is 4.40. The minimum absolute atomic E-state index is 0.856. The van der Waals surface area contributed by atoms with E-state index in [0.717, 1.165) is 25.5 Å². The van der Waals surface area contributed by atoms with Crippen molar-refractivity contribution in [3.8, 4) is 0 Å². The Kier molecular flexibility index (Phi) is 3.81. The summed E-state index contributed by atoms with van der Waals surface area (Å²) in [6.07, 6.45) is 5.83. The Hall–Kier alpha value is -1.62. The molecule has 2 aromatic heterocycles. The van der Waals surface area contributed by atoms with Crippen LogP contribution in [0.1, 0.15) is 24.0 Å². The maximum Gasteiger partial charge on any atom is 0.122 e. The van der Waals surface area contributed by atoms with Crippen molar-refractivity contribution in [1.29, 1.82) is 0 Å². The molecule has 2 aromatic rings. The first-order chi connectivity index (χ1) is 8.61. The van der Waals surface area contributed by atoms with Gasteiger partial charge in [0, 0.05) is 43.8 Å². The highest BCUT2D eigenvalue weighted by Crippen LogP contribution is 2.10. The fourth-order valence-corrected chi connectivity index (χ4v) is 2.07. The van der Waals surface area contributed by atoms with Gasteiger partial charge in [0.2, 0.25) is 0 Å². The van der Waals surface area contributed by atoms with Crippen LogP contribution >= 0.6 is 0 Å². The van der Waals surface area contributed by atoms with Crippen molar-refractivity contribution in [2.45, 2.75) is 33.5 Å². The molecule has 0 aromatic carbocycles. The van der Waals surface area contributed by atoms with Crippen LogP contribution in [0.4, 0.5) is 0 Å². The second-order valence-electron chi connectivity index (χ2n) is 4.68. The number of imidazole rings is 1. The Morgan fingerprint density at radius 3 is 2.72 bits per heavy atom. The van der Waals surface area contributed by atoms with Crippen molar-refractivity contribution in [3.63, 3.8) is 0 Å². The van der Waals surface area contributed by atoms with Crippen LogP contribution in [0.25, 0.3) is 0 Å². The van der Waals surface area contributed by atoms with Gasteiger partial charge in [-0.3, -0.25) is 9.58 Å². The normalized spacial score (nSPS) is 11.4. The molecular weight excluding hydrogens is 226 g/mol. The smallest absolute Gasteiger partial charge is 0.122 e. The lowest BCUT2D eigenvalue weighted by molar-refractivity contribution is 0.304. The minimum atomic E-state index is 0.856. The zero-order chi connectivity index (χ0) is 13.1. The first-order valence-corrected chi connectivity index (χ1v) is 6.27. The molecule has 98 valence electrons.